The number of rotatable bonds is 5. The Morgan fingerprint density at radius 1 is 1.21 bits per heavy atom. The monoisotopic (exact) mass is 398 g/mol. The number of halogens is 2. The third-order valence-electron chi connectivity index (χ3n) is 4.80. The van der Waals surface area contributed by atoms with E-state index in [2.05, 4.69) is 9.88 Å². The van der Waals surface area contributed by atoms with Gasteiger partial charge in [0.15, 0.2) is 0 Å². The molecule has 6 heteroatoms. The molecule has 1 aliphatic rings. The molecule has 4 nitrogen and oxygen atoms in total. The second-order valence-corrected chi connectivity index (χ2v) is 7.06. The first kappa shape index (κ1) is 18.7. The molecule has 28 heavy (non-hydrogen) atoms. The van der Waals surface area contributed by atoms with Crippen LogP contribution >= 0.6 is 11.6 Å². The van der Waals surface area contributed by atoms with Crippen LogP contribution in [0.5, 0.6) is 5.75 Å². The van der Waals surface area contributed by atoms with Crippen LogP contribution in [0.3, 0.4) is 0 Å². The van der Waals surface area contributed by atoms with Crippen molar-refractivity contribution in [3.05, 3.63) is 76.7 Å². The molecule has 0 spiro atoms. The van der Waals surface area contributed by atoms with Gasteiger partial charge in [-0.25, -0.2) is 9.37 Å². The topological polar surface area (TPSA) is 34.6 Å². The van der Waals surface area contributed by atoms with E-state index < -0.39 is 0 Å². The molecule has 0 aliphatic carbocycles. The summed E-state index contributed by atoms with van der Waals surface area (Å²) in [6.07, 6.45) is 2.23. The first-order chi connectivity index (χ1) is 13.7. The Morgan fingerprint density at radius 2 is 2.11 bits per heavy atom. The van der Waals surface area contributed by atoms with E-state index in [1.807, 2.05) is 18.2 Å². The Labute approximate surface area is 168 Å². The van der Waals surface area contributed by atoms with Gasteiger partial charge in [-0.05, 0) is 41.0 Å². The zero-order valence-corrected chi connectivity index (χ0v) is 16.2. The minimum atomic E-state index is -0.307. The number of nitrogens with zero attached hydrogens (tertiary/aromatic N) is 2. The lowest BCUT2D eigenvalue weighted by molar-refractivity contribution is 0.201. The van der Waals surface area contributed by atoms with Gasteiger partial charge in [0.25, 0.3) is 0 Å². The van der Waals surface area contributed by atoms with Gasteiger partial charge in [0.2, 0.25) is 0 Å². The van der Waals surface area contributed by atoms with Gasteiger partial charge in [-0.15, -0.1) is 0 Å². The van der Waals surface area contributed by atoms with Crippen LogP contribution < -0.4 is 9.64 Å². The highest BCUT2D eigenvalue weighted by Crippen LogP contribution is 2.36. The summed E-state index contributed by atoms with van der Waals surface area (Å²) in [6.45, 7) is 2.11. The smallest absolute Gasteiger partial charge is 0.138 e. The maximum atomic E-state index is 15.4. The summed E-state index contributed by atoms with van der Waals surface area (Å²) in [7, 11) is 1.53. The number of anilines is 1. The van der Waals surface area contributed by atoms with Gasteiger partial charge in [-0.2, -0.15) is 0 Å². The van der Waals surface area contributed by atoms with Gasteiger partial charge < -0.3 is 14.4 Å². The molecule has 0 bridgehead atoms. The first-order valence-electron chi connectivity index (χ1n) is 9.04. The van der Waals surface area contributed by atoms with E-state index in [1.54, 1.807) is 36.5 Å². The molecule has 1 aliphatic heterocycles. The van der Waals surface area contributed by atoms with Crippen molar-refractivity contribution in [3.8, 4) is 16.9 Å². The van der Waals surface area contributed by atoms with Crippen molar-refractivity contribution in [1.29, 1.82) is 0 Å². The van der Waals surface area contributed by atoms with E-state index in [1.165, 1.54) is 7.11 Å². The molecule has 2 heterocycles. The highest BCUT2D eigenvalue weighted by molar-refractivity contribution is 6.30. The molecular formula is C22H20ClFN2O2. The Hall–Kier alpha value is -2.63. The molecule has 0 saturated carbocycles. The fraction of sp³-hybridized carbons (Fsp3) is 0.227. The lowest BCUT2D eigenvalue weighted by atomic mass is 9.97. The molecule has 144 valence electrons. The predicted molar refractivity (Wildman–Crippen MR) is 109 cm³/mol. The molecule has 2 aromatic carbocycles. The van der Waals surface area contributed by atoms with Gasteiger partial charge >= 0.3 is 0 Å². The quantitative estimate of drug-likeness (QED) is 0.610. The standard InChI is InChI=1S/C22H20ClFN2O2/c1-27-19-7-6-17(22(24)21(19)16-3-2-4-18(23)12-16)11-15-5-8-20(25-13-15)26-9-10-28-14-26/h2-8,12-13H,9-11,14H2,1H3. The molecule has 4 rings (SSSR count). The molecule has 3 aromatic rings. The van der Waals surface area contributed by atoms with Crippen LogP contribution in [0, 0.1) is 5.82 Å². The van der Waals surface area contributed by atoms with Crippen molar-refractivity contribution >= 4 is 17.4 Å². The predicted octanol–water partition coefficient (Wildman–Crippen LogP) is 4.93. The second kappa shape index (κ2) is 8.17. The first-order valence-corrected chi connectivity index (χ1v) is 9.42. The Morgan fingerprint density at radius 3 is 2.79 bits per heavy atom. The summed E-state index contributed by atoms with van der Waals surface area (Å²) >= 11 is 6.10. The van der Waals surface area contributed by atoms with Crippen LogP contribution in [0.4, 0.5) is 10.2 Å². The van der Waals surface area contributed by atoms with Crippen molar-refractivity contribution in [3.63, 3.8) is 0 Å². The lowest BCUT2D eigenvalue weighted by Gasteiger charge is -2.15. The van der Waals surface area contributed by atoms with E-state index in [-0.39, 0.29) is 5.82 Å². The van der Waals surface area contributed by atoms with Crippen LogP contribution in [-0.4, -0.2) is 32.0 Å². The molecule has 1 saturated heterocycles. The average molecular weight is 399 g/mol. The summed E-state index contributed by atoms with van der Waals surface area (Å²) in [5, 5.41) is 0.551. The number of pyridine rings is 1. The summed E-state index contributed by atoms with van der Waals surface area (Å²) in [4.78, 5) is 6.56. The van der Waals surface area contributed by atoms with E-state index >= 15 is 4.39 Å². The molecule has 0 N–H and O–H groups in total. The SMILES string of the molecule is COc1ccc(Cc2ccc(N3CCOC3)nc2)c(F)c1-c1cccc(Cl)c1. The van der Waals surface area contributed by atoms with Crippen molar-refractivity contribution in [1.82, 2.24) is 4.98 Å². The Bertz CT molecular complexity index is 973. The Kier molecular flexibility index (Phi) is 5.46. The van der Waals surface area contributed by atoms with Crippen LogP contribution in [0.1, 0.15) is 11.1 Å². The average Bonchev–Trinajstić information content (AvgIpc) is 3.24. The molecule has 0 atom stereocenters. The zero-order chi connectivity index (χ0) is 19.5. The third kappa shape index (κ3) is 3.81. The Balaban J connectivity index is 1.64. The number of aromatic nitrogens is 1. The summed E-state index contributed by atoms with van der Waals surface area (Å²) < 4.78 is 26.1. The fourth-order valence-electron chi connectivity index (χ4n) is 3.34. The van der Waals surface area contributed by atoms with Crippen molar-refractivity contribution in [2.24, 2.45) is 0 Å². The van der Waals surface area contributed by atoms with E-state index in [4.69, 9.17) is 21.1 Å². The number of hydrogen-bond acceptors (Lipinski definition) is 4. The number of benzene rings is 2. The van der Waals surface area contributed by atoms with E-state index in [0.717, 1.165) is 17.9 Å². The van der Waals surface area contributed by atoms with Gasteiger partial charge in [-0.1, -0.05) is 35.9 Å². The van der Waals surface area contributed by atoms with Gasteiger partial charge in [0.05, 0.1) is 19.3 Å². The maximum Gasteiger partial charge on any atom is 0.138 e. The summed E-state index contributed by atoms with van der Waals surface area (Å²) in [5.41, 5.74) is 2.62. The van der Waals surface area contributed by atoms with E-state index in [9.17, 15) is 0 Å². The van der Waals surface area contributed by atoms with Crippen molar-refractivity contribution < 1.29 is 13.9 Å². The molecule has 0 radical (unpaired) electrons. The van der Waals surface area contributed by atoms with Gasteiger partial charge in [0, 0.05) is 24.2 Å². The van der Waals surface area contributed by atoms with Gasteiger partial charge in [0.1, 0.15) is 24.1 Å². The van der Waals surface area contributed by atoms with Crippen molar-refractivity contribution in [2.45, 2.75) is 6.42 Å². The van der Waals surface area contributed by atoms with Crippen LogP contribution in [0.2, 0.25) is 5.02 Å². The highest BCUT2D eigenvalue weighted by Gasteiger charge is 2.17. The highest BCUT2D eigenvalue weighted by atomic mass is 35.5. The second-order valence-electron chi connectivity index (χ2n) is 6.63. The molecule has 1 aromatic heterocycles. The van der Waals surface area contributed by atoms with Crippen LogP contribution in [0.15, 0.2) is 54.7 Å². The minimum Gasteiger partial charge on any atom is -0.496 e. The normalized spacial score (nSPS) is 13.8. The van der Waals surface area contributed by atoms with E-state index in [0.29, 0.717) is 47.2 Å². The lowest BCUT2D eigenvalue weighted by Crippen LogP contribution is -2.19. The van der Waals surface area contributed by atoms with Crippen LogP contribution in [0.25, 0.3) is 11.1 Å². The summed E-state index contributed by atoms with van der Waals surface area (Å²) in [5.74, 6) is 1.04. The molecule has 0 amide bonds. The number of hydrogen-bond donors (Lipinski definition) is 0. The number of methoxy groups -OCH3 is 1. The fourth-order valence-corrected chi connectivity index (χ4v) is 3.53. The third-order valence-corrected chi connectivity index (χ3v) is 5.03. The number of ether oxygens (including phenoxy) is 2. The van der Waals surface area contributed by atoms with Crippen molar-refractivity contribution in [2.75, 3.05) is 31.9 Å². The molecule has 0 unspecified atom stereocenters. The zero-order valence-electron chi connectivity index (χ0n) is 15.5. The summed E-state index contributed by atoms with van der Waals surface area (Å²) in [6, 6.07) is 14.6. The van der Waals surface area contributed by atoms with Gasteiger partial charge in [-0.3, -0.25) is 0 Å². The van der Waals surface area contributed by atoms with Crippen LogP contribution in [-0.2, 0) is 11.2 Å². The minimum absolute atomic E-state index is 0.307. The molecular weight excluding hydrogens is 379 g/mol. The largest absolute Gasteiger partial charge is 0.496 e. The molecule has 1 fully saturated rings. The maximum absolute atomic E-state index is 15.4.